The molecule has 1 aromatic carbocycles. The molecule has 2 rings (SSSR count). The molecule has 0 aliphatic carbocycles. The van der Waals surface area contributed by atoms with E-state index in [1.807, 2.05) is 19.1 Å². The highest BCUT2D eigenvalue weighted by Crippen LogP contribution is 2.27. The monoisotopic (exact) mass is 293 g/mol. The molecule has 0 spiro atoms. The van der Waals surface area contributed by atoms with Crippen LogP contribution >= 0.6 is 0 Å². The van der Waals surface area contributed by atoms with Gasteiger partial charge < -0.3 is 4.90 Å². The van der Waals surface area contributed by atoms with E-state index >= 15 is 0 Å². The van der Waals surface area contributed by atoms with Crippen molar-refractivity contribution in [3.8, 4) is 0 Å². The molecule has 0 aliphatic heterocycles. The normalized spacial score (nSPS) is 11.0. The van der Waals surface area contributed by atoms with Gasteiger partial charge in [-0.2, -0.15) is 5.10 Å². The number of para-hydroxylation sites is 1. The maximum atomic E-state index is 13.1. The number of hydrogen-bond donors (Lipinski definition) is 0. The molecule has 0 bridgehead atoms. The van der Waals surface area contributed by atoms with E-state index < -0.39 is 18.0 Å². The lowest BCUT2D eigenvalue weighted by Crippen LogP contribution is -2.28. The fourth-order valence-electron chi connectivity index (χ4n) is 2.27. The number of carbonyl (C=O) groups is 1. The van der Waals surface area contributed by atoms with Crippen LogP contribution in [0.2, 0.25) is 0 Å². The zero-order valence-electron chi connectivity index (χ0n) is 12.4. The number of halogens is 2. The molecule has 0 saturated carbocycles. The number of aryl methyl sites for hydroxylation is 2. The minimum Gasteiger partial charge on any atom is -0.311 e. The lowest BCUT2D eigenvalue weighted by molar-refractivity contribution is 0.0977. The molecule has 0 N–H and O–H groups in total. The molecule has 0 radical (unpaired) electrons. The number of amides is 1. The number of alkyl halides is 2. The molecule has 21 heavy (non-hydrogen) atoms. The molecule has 112 valence electrons. The molecule has 1 amide bonds. The average Bonchev–Trinajstić information content (AvgIpc) is 2.74. The topological polar surface area (TPSA) is 38.1 Å². The van der Waals surface area contributed by atoms with Crippen molar-refractivity contribution in [3.05, 3.63) is 46.8 Å². The van der Waals surface area contributed by atoms with Crippen molar-refractivity contribution in [3.63, 3.8) is 0 Å². The fraction of sp³-hybridized carbons (Fsp3) is 0.333. The van der Waals surface area contributed by atoms with Crippen molar-refractivity contribution in [2.24, 2.45) is 7.05 Å². The summed E-state index contributed by atoms with van der Waals surface area (Å²) < 4.78 is 27.5. The zero-order valence-corrected chi connectivity index (χ0v) is 12.4. The molecule has 0 atom stereocenters. The van der Waals surface area contributed by atoms with Gasteiger partial charge in [-0.15, -0.1) is 0 Å². The number of carbonyl (C=O) groups excluding carboxylic acids is 1. The van der Waals surface area contributed by atoms with Gasteiger partial charge in [-0.05, 0) is 25.5 Å². The van der Waals surface area contributed by atoms with E-state index in [4.69, 9.17) is 0 Å². The van der Waals surface area contributed by atoms with Crippen molar-refractivity contribution in [1.29, 1.82) is 0 Å². The van der Waals surface area contributed by atoms with Gasteiger partial charge in [-0.3, -0.25) is 9.48 Å². The molecule has 0 unspecified atom stereocenters. The summed E-state index contributed by atoms with van der Waals surface area (Å²) >= 11 is 0. The number of anilines is 1. The second-order valence-corrected chi connectivity index (χ2v) is 4.92. The van der Waals surface area contributed by atoms with Crippen LogP contribution in [0, 0.1) is 13.8 Å². The summed E-state index contributed by atoms with van der Waals surface area (Å²) in [5.74, 6) is -0.481. The van der Waals surface area contributed by atoms with Crippen LogP contribution in [0.3, 0.4) is 0 Å². The third-order valence-electron chi connectivity index (χ3n) is 3.56. The van der Waals surface area contributed by atoms with Gasteiger partial charge in [0.05, 0.1) is 5.56 Å². The SMILES string of the molecule is Cc1ccccc1N(C)C(=O)c1c(C(F)F)nn(C)c1C. The number of aromatic nitrogens is 2. The van der Waals surface area contributed by atoms with Gasteiger partial charge in [-0.25, -0.2) is 8.78 Å². The molecule has 2 aromatic rings. The van der Waals surface area contributed by atoms with E-state index in [1.165, 1.54) is 9.58 Å². The van der Waals surface area contributed by atoms with Crippen molar-refractivity contribution in [1.82, 2.24) is 9.78 Å². The Hall–Kier alpha value is -2.24. The van der Waals surface area contributed by atoms with Crippen LogP contribution in [0.5, 0.6) is 0 Å². The summed E-state index contributed by atoms with van der Waals surface area (Å²) in [6.45, 7) is 3.47. The summed E-state index contributed by atoms with van der Waals surface area (Å²) in [6, 6.07) is 7.30. The van der Waals surface area contributed by atoms with Crippen LogP contribution in [0.15, 0.2) is 24.3 Å². The number of benzene rings is 1. The molecule has 4 nitrogen and oxygen atoms in total. The van der Waals surface area contributed by atoms with Crippen LogP contribution in [-0.2, 0) is 7.05 Å². The van der Waals surface area contributed by atoms with E-state index in [2.05, 4.69) is 5.10 Å². The highest BCUT2D eigenvalue weighted by Gasteiger charge is 2.28. The molecule has 1 heterocycles. The van der Waals surface area contributed by atoms with Gasteiger partial charge in [0.2, 0.25) is 0 Å². The second kappa shape index (κ2) is 5.63. The zero-order chi connectivity index (χ0) is 15.7. The maximum absolute atomic E-state index is 13.1. The Morgan fingerprint density at radius 2 is 1.90 bits per heavy atom. The van der Waals surface area contributed by atoms with Crippen molar-refractivity contribution >= 4 is 11.6 Å². The predicted octanol–water partition coefficient (Wildman–Crippen LogP) is 3.25. The molecule has 6 heteroatoms. The Morgan fingerprint density at radius 1 is 1.29 bits per heavy atom. The quantitative estimate of drug-likeness (QED) is 0.871. The van der Waals surface area contributed by atoms with Crippen LogP contribution in [0.4, 0.5) is 14.5 Å². The Morgan fingerprint density at radius 3 is 2.48 bits per heavy atom. The summed E-state index contributed by atoms with van der Waals surface area (Å²) in [6.07, 6.45) is -2.78. The lowest BCUT2D eigenvalue weighted by atomic mass is 10.1. The molecule has 1 aromatic heterocycles. The van der Waals surface area contributed by atoms with E-state index in [9.17, 15) is 13.6 Å². The first-order valence-electron chi connectivity index (χ1n) is 6.50. The average molecular weight is 293 g/mol. The third kappa shape index (κ3) is 2.66. The van der Waals surface area contributed by atoms with Gasteiger partial charge in [0.1, 0.15) is 5.69 Å². The lowest BCUT2D eigenvalue weighted by Gasteiger charge is -2.20. The number of rotatable bonds is 3. The fourth-order valence-corrected chi connectivity index (χ4v) is 2.27. The van der Waals surface area contributed by atoms with Crippen LogP contribution < -0.4 is 4.90 Å². The Bertz CT molecular complexity index is 680. The number of hydrogen-bond acceptors (Lipinski definition) is 2. The first-order valence-corrected chi connectivity index (χ1v) is 6.50. The van der Waals surface area contributed by atoms with Gasteiger partial charge >= 0.3 is 0 Å². The van der Waals surface area contributed by atoms with Gasteiger partial charge in [0, 0.05) is 25.5 Å². The Kier molecular flexibility index (Phi) is 4.06. The van der Waals surface area contributed by atoms with Crippen LogP contribution in [0.25, 0.3) is 0 Å². The van der Waals surface area contributed by atoms with Crippen LogP contribution in [-0.4, -0.2) is 22.7 Å². The van der Waals surface area contributed by atoms with Crippen molar-refractivity contribution in [2.75, 3.05) is 11.9 Å². The smallest absolute Gasteiger partial charge is 0.282 e. The minimum atomic E-state index is -2.78. The highest BCUT2D eigenvalue weighted by molar-refractivity contribution is 6.07. The first-order chi connectivity index (χ1) is 9.84. The Balaban J connectivity index is 2.48. The maximum Gasteiger partial charge on any atom is 0.282 e. The van der Waals surface area contributed by atoms with E-state index in [0.717, 1.165) is 5.56 Å². The molecule has 0 saturated heterocycles. The molecule has 0 aliphatic rings. The highest BCUT2D eigenvalue weighted by atomic mass is 19.3. The third-order valence-corrected chi connectivity index (χ3v) is 3.56. The summed E-state index contributed by atoms with van der Waals surface area (Å²) in [5.41, 5.74) is 1.51. The van der Waals surface area contributed by atoms with Crippen LogP contribution in [0.1, 0.15) is 33.7 Å². The predicted molar refractivity (Wildman–Crippen MR) is 76.8 cm³/mol. The Labute approximate surface area is 122 Å². The van der Waals surface area contributed by atoms with Crippen molar-refractivity contribution in [2.45, 2.75) is 20.3 Å². The molecular weight excluding hydrogens is 276 g/mol. The summed E-state index contributed by atoms with van der Waals surface area (Å²) in [4.78, 5) is 14.0. The minimum absolute atomic E-state index is 0.0294. The largest absolute Gasteiger partial charge is 0.311 e. The molecular formula is C15H17F2N3O. The first kappa shape index (κ1) is 15.2. The van der Waals surface area contributed by atoms with Crippen molar-refractivity contribution < 1.29 is 13.6 Å². The summed E-state index contributed by atoms with van der Waals surface area (Å²) in [5, 5.41) is 3.75. The van der Waals surface area contributed by atoms with Gasteiger partial charge in [0.25, 0.3) is 12.3 Å². The van der Waals surface area contributed by atoms with E-state index in [0.29, 0.717) is 11.4 Å². The van der Waals surface area contributed by atoms with Gasteiger partial charge in [0.15, 0.2) is 0 Å². The van der Waals surface area contributed by atoms with E-state index in [-0.39, 0.29) is 5.56 Å². The molecule has 0 fully saturated rings. The standard InChI is InChI=1S/C15H17F2N3O/c1-9-7-5-6-8-11(9)19(3)15(21)12-10(2)20(4)18-13(12)14(16)17/h5-8,14H,1-4H3. The van der Waals surface area contributed by atoms with E-state index in [1.54, 1.807) is 33.2 Å². The second-order valence-electron chi connectivity index (χ2n) is 4.92. The van der Waals surface area contributed by atoms with Gasteiger partial charge in [-0.1, -0.05) is 18.2 Å². The summed E-state index contributed by atoms with van der Waals surface area (Å²) in [7, 11) is 3.12. The number of nitrogens with zero attached hydrogens (tertiary/aromatic N) is 3.